The molecule has 1 aromatic heterocycles. The van der Waals surface area contributed by atoms with Crippen molar-refractivity contribution in [1.29, 1.82) is 0 Å². The average molecular weight is 328 g/mol. The van der Waals surface area contributed by atoms with Gasteiger partial charge in [0, 0.05) is 4.88 Å². The Labute approximate surface area is 113 Å². The molecule has 0 spiro atoms. The van der Waals surface area contributed by atoms with E-state index in [1.54, 1.807) is 11.3 Å². The summed E-state index contributed by atoms with van der Waals surface area (Å²) in [6.45, 7) is 2.29. The summed E-state index contributed by atoms with van der Waals surface area (Å²) in [5, 5.41) is 0.885. The predicted octanol–water partition coefficient (Wildman–Crippen LogP) is 6.02. The largest absolute Gasteiger partial charge is 0.130 e. The van der Waals surface area contributed by atoms with Crippen LogP contribution in [0.15, 0.2) is 9.85 Å². The Hall–Kier alpha value is 0.760. The van der Waals surface area contributed by atoms with Gasteiger partial charge in [0.05, 0.1) is 14.2 Å². The molecule has 0 aromatic carbocycles. The van der Waals surface area contributed by atoms with Crippen molar-refractivity contribution < 1.29 is 0 Å². The summed E-state index contributed by atoms with van der Waals surface area (Å²) >= 11 is 17.7. The maximum atomic E-state index is 6.57. The second-order valence-corrected chi connectivity index (χ2v) is 7.74. The van der Waals surface area contributed by atoms with Crippen molar-refractivity contribution in [2.75, 3.05) is 0 Å². The molecule has 0 amide bonds. The van der Waals surface area contributed by atoms with E-state index < -0.39 is 0 Å². The summed E-state index contributed by atoms with van der Waals surface area (Å²) in [7, 11) is 0. The highest BCUT2D eigenvalue weighted by molar-refractivity contribution is 9.11. The maximum Gasteiger partial charge on any atom is 0.0887 e. The monoisotopic (exact) mass is 326 g/mol. The van der Waals surface area contributed by atoms with Gasteiger partial charge in [-0.2, -0.15) is 0 Å². The number of hydrogen-bond donors (Lipinski definition) is 0. The fourth-order valence-corrected chi connectivity index (χ4v) is 4.58. The van der Waals surface area contributed by atoms with Gasteiger partial charge in [0.25, 0.3) is 0 Å². The molecule has 84 valence electrons. The van der Waals surface area contributed by atoms with Crippen LogP contribution >= 0.6 is 50.5 Å². The van der Waals surface area contributed by atoms with Crippen molar-refractivity contribution in [3.05, 3.63) is 19.8 Å². The number of halogens is 3. The second kappa shape index (κ2) is 4.56. The zero-order chi connectivity index (χ0) is 11.1. The summed E-state index contributed by atoms with van der Waals surface area (Å²) in [4.78, 5) is 1.19. The van der Waals surface area contributed by atoms with E-state index in [9.17, 15) is 0 Å². The van der Waals surface area contributed by atoms with E-state index in [4.69, 9.17) is 23.2 Å². The molecule has 1 heterocycles. The lowest BCUT2D eigenvalue weighted by Gasteiger charge is -2.28. The van der Waals surface area contributed by atoms with E-state index >= 15 is 0 Å². The van der Waals surface area contributed by atoms with Crippen LogP contribution in [0.5, 0.6) is 0 Å². The highest BCUT2D eigenvalue weighted by Gasteiger charge is 2.37. The van der Waals surface area contributed by atoms with Crippen molar-refractivity contribution in [3.63, 3.8) is 0 Å². The van der Waals surface area contributed by atoms with Gasteiger partial charge in [0.1, 0.15) is 0 Å². The summed E-state index contributed by atoms with van der Waals surface area (Å²) in [5.74, 6) is 0. The Bertz CT molecular complexity index is 336. The molecule has 1 fully saturated rings. The Kier molecular flexibility index (Phi) is 3.71. The van der Waals surface area contributed by atoms with Crippen LogP contribution in [0.4, 0.5) is 0 Å². The summed E-state index contributed by atoms with van der Waals surface area (Å²) in [5.41, 5.74) is 0.259. The third-order valence-corrected chi connectivity index (χ3v) is 6.70. The molecule has 0 saturated heterocycles. The summed E-state index contributed by atoms with van der Waals surface area (Å²) < 4.78 is 0.992. The lowest BCUT2D eigenvalue weighted by molar-refractivity contribution is 0.324. The lowest BCUT2D eigenvalue weighted by atomic mass is 9.84. The Balaban J connectivity index is 2.23. The van der Waals surface area contributed by atoms with Gasteiger partial charge in [-0.3, -0.25) is 0 Å². The van der Waals surface area contributed by atoms with Gasteiger partial charge in [0.2, 0.25) is 0 Å². The zero-order valence-corrected chi connectivity index (χ0v) is 12.4. The molecule has 1 atom stereocenters. The van der Waals surface area contributed by atoms with Crippen LogP contribution in [0.2, 0.25) is 5.02 Å². The van der Waals surface area contributed by atoms with E-state index in [1.807, 2.05) is 6.07 Å². The molecular weight excluding hydrogens is 315 g/mol. The molecule has 4 heteroatoms. The van der Waals surface area contributed by atoms with E-state index in [-0.39, 0.29) is 10.8 Å². The Morgan fingerprint density at radius 2 is 2.07 bits per heavy atom. The molecule has 0 N–H and O–H groups in total. The van der Waals surface area contributed by atoms with Crippen LogP contribution < -0.4 is 0 Å². The molecule has 2 rings (SSSR count). The number of hydrogen-bond acceptors (Lipinski definition) is 1. The molecule has 1 saturated carbocycles. The van der Waals surface area contributed by atoms with Crippen LogP contribution in [-0.4, -0.2) is 0 Å². The van der Waals surface area contributed by atoms with E-state index in [0.29, 0.717) is 0 Å². The van der Waals surface area contributed by atoms with E-state index in [2.05, 4.69) is 22.9 Å². The quantitative estimate of drug-likeness (QED) is 0.582. The van der Waals surface area contributed by atoms with Gasteiger partial charge >= 0.3 is 0 Å². The fourth-order valence-electron chi connectivity index (χ4n) is 2.27. The second-order valence-electron chi connectivity index (χ2n) is 4.49. The SMILES string of the molecule is CC1(C(Cl)c2cc(Cl)c(Br)s2)CCCC1. The van der Waals surface area contributed by atoms with E-state index in [0.717, 1.165) is 8.81 Å². The van der Waals surface area contributed by atoms with Gasteiger partial charge in [0.15, 0.2) is 0 Å². The molecule has 1 aliphatic carbocycles. The van der Waals surface area contributed by atoms with Crippen LogP contribution in [0.3, 0.4) is 0 Å². The number of alkyl halides is 1. The van der Waals surface area contributed by atoms with Crippen LogP contribution in [0.25, 0.3) is 0 Å². The van der Waals surface area contributed by atoms with Crippen molar-refractivity contribution in [2.24, 2.45) is 5.41 Å². The first kappa shape index (κ1) is 12.2. The minimum Gasteiger partial charge on any atom is -0.130 e. The van der Waals surface area contributed by atoms with Crippen LogP contribution in [-0.2, 0) is 0 Å². The first-order valence-corrected chi connectivity index (χ1v) is 7.54. The minimum absolute atomic E-state index is 0.105. The predicted molar refractivity (Wildman–Crippen MR) is 72.2 cm³/mol. The van der Waals surface area contributed by atoms with Gasteiger partial charge < -0.3 is 0 Å². The average Bonchev–Trinajstić information content (AvgIpc) is 2.75. The Morgan fingerprint density at radius 1 is 1.47 bits per heavy atom. The molecule has 0 radical (unpaired) electrons. The normalized spacial score (nSPS) is 21.9. The van der Waals surface area contributed by atoms with Gasteiger partial charge in [-0.1, -0.05) is 31.4 Å². The van der Waals surface area contributed by atoms with Crippen molar-refractivity contribution in [2.45, 2.75) is 38.0 Å². The van der Waals surface area contributed by atoms with E-state index in [1.165, 1.54) is 30.6 Å². The highest BCUT2D eigenvalue weighted by atomic mass is 79.9. The smallest absolute Gasteiger partial charge is 0.0887 e. The molecule has 0 aliphatic heterocycles. The molecular formula is C11H13BrCl2S. The Morgan fingerprint density at radius 3 is 2.53 bits per heavy atom. The molecule has 1 aromatic rings. The maximum absolute atomic E-state index is 6.57. The van der Waals surface area contributed by atoms with Gasteiger partial charge in [-0.15, -0.1) is 22.9 Å². The topological polar surface area (TPSA) is 0 Å². The molecule has 0 bridgehead atoms. The summed E-state index contributed by atoms with van der Waals surface area (Å²) in [6.07, 6.45) is 5.07. The van der Waals surface area contributed by atoms with Gasteiger partial charge in [-0.25, -0.2) is 0 Å². The highest BCUT2D eigenvalue weighted by Crippen LogP contribution is 2.53. The molecule has 1 unspecified atom stereocenters. The first-order chi connectivity index (χ1) is 7.03. The molecule has 15 heavy (non-hydrogen) atoms. The third-order valence-electron chi connectivity index (χ3n) is 3.27. The lowest BCUT2D eigenvalue weighted by Crippen LogP contribution is -2.17. The van der Waals surface area contributed by atoms with Crippen LogP contribution in [0, 0.1) is 5.41 Å². The molecule has 0 nitrogen and oxygen atoms in total. The standard InChI is InChI=1S/C11H13BrCl2S/c1-11(4-2-3-5-11)9(14)8-6-7(13)10(12)15-8/h6,9H,2-5H2,1H3. The van der Waals surface area contributed by atoms with Crippen molar-refractivity contribution in [3.8, 4) is 0 Å². The fraction of sp³-hybridized carbons (Fsp3) is 0.636. The zero-order valence-electron chi connectivity index (χ0n) is 8.53. The van der Waals surface area contributed by atoms with Crippen LogP contribution in [0.1, 0.15) is 42.9 Å². The number of rotatable bonds is 2. The number of thiophene rings is 1. The first-order valence-electron chi connectivity index (χ1n) is 5.12. The molecule has 1 aliphatic rings. The summed E-state index contributed by atoms with van der Waals surface area (Å²) in [6, 6.07) is 2.00. The third kappa shape index (κ3) is 2.38. The minimum atomic E-state index is 0.105. The van der Waals surface area contributed by atoms with Gasteiger partial charge in [-0.05, 0) is 40.3 Å². The van der Waals surface area contributed by atoms with Crippen molar-refractivity contribution >= 4 is 50.5 Å². The van der Waals surface area contributed by atoms with Crippen molar-refractivity contribution in [1.82, 2.24) is 0 Å².